The molecule has 2 aliphatic heterocycles. The number of benzene rings is 1. The molecule has 0 spiro atoms. The molecule has 27 heavy (non-hydrogen) atoms. The van der Waals surface area contributed by atoms with E-state index in [1.165, 1.54) is 0 Å². The molecule has 1 amide bonds. The van der Waals surface area contributed by atoms with Crippen LogP contribution in [0.25, 0.3) is 5.65 Å². The average molecular weight is 368 g/mol. The van der Waals surface area contributed by atoms with Crippen molar-refractivity contribution in [1.82, 2.24) is 14.6 Å². The minimum atomic E-state index is -0.522. The van der Waals surface area contributed by atoms with Crippen LogP contribution in [0.3, 0.4) is 0 Å². The van der Waals surface area contributed by atoms with Gasteiger partial charge in [-0.3, -0.25) is 4.79 Å². The number of aliphatic hydroxyl groups is 1. The molecule has 1 saturated heterocycles. The lowest BCUT2D eigenvalue weighted by Gasteiger charge is -2.37. The highest BCUT2D eigenvalue weighted by atomic mass is 16.3. The molecular formula is C19H24N6O2. The van der Waals surface area contributed by atoms with Crippen LogP contribution in [0.2, 0.25) is 0 Å². The molecule has 4 heterocycles. The van der Waals surface area contributed by atoms with Gasteiger partial charge in [-0.2, -0.15) is 9.50 Å². The maximum absolute atomic E-state index is 12.1. The van der Waals surface area contributed by atoms with Gasteiger partial charge in [0, 0.05) is 27.3 Å². The first kappa shape index (κ1) is 16.1. The van der Waals surface area contributed by atoms with E-state index < -0.39 is 5.41 Å². The molecule has 0 radical (unpaired) electrons. The fourth-order valence-corrected chi connectivity index (χ4v) is 3.63. The maximum atomic E-state index is 12.1. The van der Waals surface area contributed by atoms with E-state index in [0.29, 0.717) is 19.0 Å². The number of aromatic nitrogens is 3. The summed E-state index contributed by atoms with van der Waals surface area (Å²) >= 11 is 0. The molecular weight excluding hydrogens is 344 g/mol. The van der Waals surface area contributed by atoms with Crippen LogP contribution in [-0.4, -0.2) is 44.8 Å². The molecule has 1 fully saturated rings. The summed E-state index contributed by atoms with van der Waals surface area (Å²) in [5.41, 5.74) is 2.82. The molecule has 8 heteroatoms. The second-order valence-corrected chi connectivity index (χ2v) is 7.61. The van der Waals surface area contributed by atoms with E-state index in [1.54, 1.807) is 4.52 Å². The molecule has 5 rings (SSSR count). The highest BCUT2D eigenvalue weighted by molar-refractivity contribution is 6.06. The number of aliphatic hydroxyl groups excluding tert-OH is 1. The Bertz CT molecular complexity index is 1080. The van der Waals surface area contributed by atoms with Crippen molar-refractivity contribution < 1.29 is 12.8 Å². The Hall–Kier alpha value is -3.13. The number of carbonyl (C=O) groups excluding carboxylic acids is 1. The second-order valence-electron chi connectivity index (χ2n) is 7.61. The predicted octanol–water partition coefficient (Wildman–Crippen LogP) is 2.38. The van der Waals surface area contributed by atoms with E-state index >= 15 is 0 Å². The van der Waals surface area contributed by atoms with Crippen LogP contribution in [0.5, 0.6) is 0 Å². The number of rotatable bonds is 3. The number of fused-ring (bicyclic) bond motifs is 2. The zero-order chi connectivity index (χ0) is 18.8. The number of nitrogens with one attached hydrogen (secondary N) is 2. The van der Waals surface area contributed by atoms with Crippen molar-refractivity contribution in [3.05, 3.63) is 42.0 Å². The van der Waals surface area contributed by atoms with E-state index in [-0.39, 0.29) is 14.9 Å². The standard InChI is InChI=1S/C19H20N6O2.2H2/c1-19(2)13-7-6-11(8-14(13)21-17(19)27)20-18-22-15-4-3-5-16(25(15)23-18)24-9-12(26)10-24;;/h3-8,12,26H,9-10H2,1-2H3,(H,20,23)(H,21,27);2*1H. The molecule has 2 aliphatic rings. The van der Waals surface area contributed by atoms with E-state index in [1.807, 2.05) is 50.2 Å². The number of hydrogen-bond donors (Lipinski definition) is 3. The van der Waals surface area contributed by atoms with Crippen LogP contribution in [0.15, 0.2) is 36.4 Å². The highest BCUT2D eigenvalue weighted by Gasteiger charge is 2.38. The molecule has 142 valence electrons. The van der Waals surface area contributed by atoms with Gasteiger partial charge in [0.2, 0.25) is 11.9 Å². The second kappa shape index (κ2) is 5.43. The number of pyridine rings is 1. The molecule has 1 aromatic carbocycles. The van der Waals surface area contributed by atoms with Gasteiger partial charge >= 0.3 is 0 Å². The normalized spacial score (nSPS) is 18.3. The summed E-state index contributed by atoms with van der Waals surface area (Å²) in [5, 5.41) is 20.3. The van der Waals surface area contributed by atoms with E-state index in [2.05, 4.69) is 25.6 Å². The number of β-amino-alcohol motifs (C(OH)–C–C–N with tert-alkyl or cyclic N) is 1. The first-order chi connectivity index (χ1) is 12.9. The summed E-state index contributed by atoms with van der Waals surface area (Å²) < 4.78 is 1.77. The van der Waals surface area contributed by atoms with E-state index in [9.17, 15) is 9.90 Å². The fourth-order valence-electron chi connectivity index (χ4n) is 3.63. The fraction of sp³-hybridized carbons (Fsp3) is 0.316. The Balaban J connectivity index is 0.00000120. The van der Waals surface area contributed by atoms with Crippen molar-refractivity contribution in [3.8, 4) is 0 Å². The van der Waals surface area contributed by atoms with Gasteiger partial charge in [0.05, 0.1) is 11.5 Å². The van der Waals surface area contributed by atoms with Crippen LogP contribution in [0.4, 0.5) is 23.1 Å². The van der Waals surface area contributed by atoms with Gasteiger partial charge in [-0.25, -0.2) is 0 Å². The Labute approximate surface area is 158 Å². The summed E-state index contributed by atoms with van der Waals surface area (Å²) in [5.74, 6) is 1.38. The first-order valence-corrected chi connectivity index (χ1v) is 8.93. The summed E-state index contributed by atoms with van der Waals surface area (Å²) in [6.45, 7) is 5.03. The lowest BCUT2D eigenvalue weighted by Crippen LogP contribution is -2.51. The lowest BCUT2D eigenvalue weighted by molar-refractivity contribution is -0.119. The largest absolute Gasteiger partial charge is 0.389 e. The summed E-state index contributed by atoms with van der Waals surface area (Å²) in [4.78, 5) is 18.7. The Kier molecular flexibility index (Phi) is 3.23. The van der Waals surface area contributed by atoms with Gasteiger partial charge in [0.15, 0.2) is 5.65 Å². The van der Waals surface area contributed by atoms with Gasteiger partial charge in [0.25, 0.3) is 0 Å². The molecule has 3 N–H and O–H groups in total. The van der Waals surface area contributed by atoms with E-state index in [0.717, 1.165) is 28.4 Å². The van der Waals surface area contributed by atoms with Gasteiger partial charge in [-0.15, -0.1) is 5.10 Å². The van der Waals surface area contributed by atoms with Crippen molar-refractivity contribution in [1.29, 1.82) is 0 Å². The highest BCUT2D eigenvalue weighted by Crippen LogP contribution is 2.38. The van der Waals surface area contributed by atoms with Crippen molar-refractivity contribution in [2.24, 2.45) is 0 Å². The molecule has 0 aliphatic carbocycles. The van der Waals surface area contributed by atoms with Crippen LogP contribution >= 0.6 is 0 Å². The quantitative estimate of drug-likeness (QED) is 0.657. The third kappa shape index (κ3) is 2.44. The number of carbonyl (C=O) groups is 1. The molecule has 2 aromatic heterocycles. The van der Waals surface area contributed by atoms with Crippen LogP contribution < -0.4 is 15.5 Å². The summed E-state index contributed by atoms with van der Waals surface area (Å²) in [6, 6.07) is 11.6. The topological polar surface area (TPSA) is 94.8 Å². The van der Waals surface area contributed by atoms with Crippen LogP contribution in [0.1, 0.15) is 22.3 Å². The first-order valence-electron chi connectivity index (χ1n) is 8.93. The zero-order valence-electron chi connectivity index (χ0n) is 15.1. The Morgan fingerprint density at radius 1 is 1.30 bits per heavy atom. The van der Waals surface area contributed by atoms with Gasteiger partial charge < -0.3 is 20.6 Å². The minimum absolute atomic E-state index is 0. The molecule has 0 unspecified atom stereocenters. The van der Waals surface area contributed by atoms with Crippen molar-refractivity contribution >= 4 is 34.7 Å². The van der Waals surface area contributed by atoms with Crippen molar-refractivity contribution in [2.75, 3.05) is 28.6 Å². The third-order valence-electron chi connectivity index (χ3n) is 5.29. The minimum Gasteiger partial charge on any atom is -0.389 e. The predicted molar refractivity (Wildman–Crippen MR) is 107 cm³/mol. The summed E-state index contributed by atoms with van der Waals surface area (Å²) in [6.07, 6.45) is -0.285. The number of hydrogen-bond acceptors (Lipinski definition) is 6. The molecule has 8 nitrogen and oxygen atoms in total. The van der Waals surface area contributed by atoms with Gasteiger partial charge in [0.1, 0.15) is 5.82 Å². The van der Waals surface area contributed by atoms with Gasteiger partial charge in [-0.1, -0.05) is 12.1 Å². The molecule has 0 bridgehead atoms. The number of amides is 1. The van der Waals surface area contributed by atoms with Crippen molar-refractivity contribution in [2.45, 2.75) is 25.4 Å². The average Bonchev–Trinajstić information content (AvgIpc) is 3.10. The van der Waals surface area contributed by atoms with Gasteiger partial charge in [-0.05, 0) is 43.7 Å². The monoisotopic (exact) mass is 368 g/mol. The lowest BCUT2D eigenvalue weighted by atomic mass is 9.86. The molecule has 3 aromatic rings. The maximum Gasteiger partial charge on any atom is 0.247 e. The Morgan fingerprint density at radius 2 is 2.11 bits per heavy atom. The SMILES string of the molecule is CC1(C)C(=O)Nc2cc(Nc3nc4cccc(N5CC(O)C5)n4n3)ccc21.[HH].[HH]. The summed E-state index contributed by atoms with van der Waals surface area (Å²) in [7, 11) is 0. The van der Waals surface area contributed by atoms with E-state index in [4.69, 9.17) is 0 Å². The smallest absolute Gasteiger partial charge is 0.247 e. The number of nitrogens with zero attached hydrogens (tertiary/aromatic N) is 4. The Morgan fingerprint density at radius 3 is 2.89 bits per heavy atom. The third-order valence-corrected chi connectivity index (χ3v) is 5.29. The zero-order valence-corrected chi connectivity index (χ0v) is 15.1. The van der Waals surface area contributed by atoms with Crippen molar-refractivity contribution in [3.63, 3.8) is 0 Å². The number of anilines is 4. The van der Waals surface area contributed by atoms with Crippen LogP contribution in [-0.2, 0) is 10.2 Å². The molecule has 0 saturated carbocycles. The molecule has 0 atom stereocenters. The van der Waals surface area contributed by atoms with Crippen LogP contribution in [0, 0.1) is 0 Å².